The van der Waals surface area contributed by atoms with Crippen molar-refractivity contribution in [3.63, 3.8) is 0 Å². The van der Waals surface area contributed by atoms with Crippen molar-refractivity contribution >= 4 is 11.7 Å². The van der Waals surface area contributed by atoms with E-state index in [1.165, 1.54) is 4.90 Å². The van der Waals surface area contributed by atoms with E-state index in [0.717, 1.165) is 18.8 Å². The van der Waals surface area contributed by atoms with Gasteiger partial charge in [0.25, 0.3) is 5.91 Å². The monoisotopic (exact) mass is 281 g/mol. The van der Waals surface area contributed by atoms with Crippen LogP contribution in [0.2, 0.25) is 0 Å². The number of hydrogen-bond acceptors (Lipinski definition) is 5. The normalized spacial score (nSPS) is 10.3. The molecular formula is C14H23N3O3. The lowest BCUT2D eigenvalue weighted by atomic mass is 10.2. The highest BCUT2D eigenvalue weighted by molar-refractivity contribution is 5.93. The molecule has 0 aromatic carbocycles. The van der Waals surface area contributed by atoms with Gasteiger partial charge >= 0.3 is 0 Å². The number of hydrogen-bond donors (Lipinski definition) is 1. The summed E-state index contributed by atoms with van der Waals surface area (Å²) in [6.45, 7) is 2.71. The second kappa shape index (κ2) is 9.28. The Balaban J connectivity index is 2.23. The number of carbonyl (C=O) groups is 1. The fourth-order valence-corrected chi connectivity index (χ4v) is 1.52. The van der Waals surface area contributed by atoms with Crippen LogP contribution in [0.25, 0.3) is 0 Å². The van der Waals surface area contributed by atoms with Crippen molar-refractivity contribution in [2.45, 2.75) is 6.42 Å². The number of rotatable bonds is 9. The van der Waals surface area contributed by atoms with Crippen LogP contribution in [-0.2, 0) is 9.47 Å². The maximum atomic E-state index is 11.7. The molecule has 0 aliphatic rings. The molecule has 0 fully saturated rings. The molecular weight excluding hydrogens is 258 g/mol. The molecule has 6 nitrogen and oxygen atoms in total. The van der Waals surface area contributed by atoms with Crippen molar-refractivity contribution in [2.75, 3.05) is 52.9 Å². The molecule has 1 N–H and O–H groups in total. The second-order valence-corrected chi connectivity index (χ2v) is 4.52. The standard InChI is InChI=1S/C14H23N3O3/c1-17(2)14(18)12-5-6-13(16-11-12)15-7-4-8-20-10-9-19-3/h5-6,11H,4,7-10H2,1-3H3,(H,15,16). The number of aromatic nitrogens is 1. The smallest absolute Gasteiger partial charge is 0.254 e. The number of anilines is 1. The Morgan fingerprint density at radius 3 is 2.70 bits per heavy atom. The third kappa shape index (κ3) is 5.99. The number of nitrogens with one attached hydrogen (secondary N) is 1. The minimum Gasteiger partial charge on any atom is -0.382 e. The fourth-order valence-electron chi connectivity index (χ4n) is 1.52. The molecule has 1 aromatic rings. The Hall–Kier alpha value is -1.66. The summed E-state index contributed by atoms with van der Waals surface area (Å²) in [5, 5.41) is 3.18. The quantitative estimate of drug-likeness (QED) is 0.690. The van der Waals surface area contributed by atoms with E-state index >= 15 is 0 Å². The van der Waals surface area contributed by atoms with Gasteiger partial charge in [-0.05, 0) is 18.6 Å². The van der Waals surface area contributed by atoms with Crippen LogP contribution in [0.15, 0.2) is 18.3 Å². The molecule has 0 aliphatic heterocycles. The number of amides is 1. The van der Waals surface area contributed by atoms with Crippen LogP contribution in [0.1, 0.15) is 16.8 Å². The summed E-state index contributed by atoms with van der Waals surface area (Å²) < 4.78 is 10.2. The summed E-state index contributed by atoms with van der Waals surface area (Å²) in [6.07, 6.45) is 2.48. The Morgan fingerprint density at radius 1 is 1.30 bits per heavy atom. The minimum atomic E-state index is -0.0457. The van der Waals surface area contributed by atoms with Crippen LogP contribution >= 0.6 is 0 Å². The third-order valence-corrected chi connectivity index (χ3v) is 2.62. The first kappa shape index (κ1) is 16.4. The molecule has 0 bridgehead atoms. The first-order chi connectivity index (χ1) is 9.65. The van der Waals surface area contributed by atoms with Crippen molar-refractivity contribution < 1.29 is 14.3 Å². The van der Waals surface area contributed by atoms with Gasteiger partial charge in [-0.25, -0.2) is 4.98 Å². The van der Waals surface area contributed by atoms with E-state index < -0.39 is 0 Å². The van der Waals surface area contributed by atoms with Gasteiger partial charge in [0.2, 0.25) is 0 Å². The van der Waals surface area contributed by atoms with Crippen molar-refractivity contribution in [1.29, 1.82) is 0 Å². The Kier molecular flexibility index (Phi) is 7.60. The number of methoxy groups -OCH3 is 1. The Labute approximate surface area is 120 Å². The molecule has 0 atom stereocenters. The highest BCUT2D eigenvalue weighted by Crippen LogP contribution is 2.06. The second-order valence-electron chi connectivity index (χ2n) is 4.52. The van der Waals surface area contributed by atoms with E-state index in [4.69, 9.17) is 9.47 Å². The summed E-state index contributed by atoms with van der Waals surface area (Å²) in [7, 11) is 5.09. The number of nitrogens with zero attached hydrogens (tertiary/aromatic N) is 2. The van der Waals surface area contributed by atoms with Gasteiger partial charge in [-0.2, -0.15) is 0 Å². The van der Waals surface area contributed by atoms with Gasteiger partial charge in [-0.1, -0.05) is 0 Å². The highest BCUT2D eigenvalue weighted by atomic mass is 16.5. The lowest BCUT2D eigenvalue weighted by Crippen LogP contribution is -2.21. The van der Waals surface area contributed by atoms with Gasteiger partial charge in [0.15, 0.2) is 0 Å². The molecule has 0 aliphatic carbocycles. The van der Waals surface area contributed by atoms with Gasteiger partial charge in [-0.3, -0.25) is 4.79 Å². The summed E-state index contributed by atoms with van der Waals surface area (Å²) in [5.74, 6) is 0.716. The summed E-state index contributed by atoms with van der Waals surface area (Å²) >= 11 is 0. The molecule has 0 saturated carbocycles. The van der Waals surface area contributed by atoms with Crippen LogP contribution in [0, 0.1) is 0 Å². The van der Waals surface area contributed by atoms with E-state index in [0.29, 0.717) is 25.4 Å². The average molecular weight is 281 g/mol. The number of ether oxygens (including phenoxy) is 2. The van der Waals surface area contributed by atoms with Crippen LogP contribution in [0.4, 0.5) is 5.82 Å². The molecule has 0 saturated heterocycles. The predicted octanol–water partition coefficient (Wildman–Crippen LogP) is 1.25. The molecule has 112 valence electrons. The lowest BCUT2D eigenvalue weighted by Gasteiger charge is -2.10. The molecule has 20 heavy (non-hydrogen) atoms. The molecule has 1 amide bonds. The van der Waals surface area contributed by atoms with Gasteiger partial charge in [0.1, 0.15) is 5.82 Å². The minimum absolute atomic E-state index is 0.0457. The van der Waals surface area contributed by atoms with Gasteiger partial charge in [-0.15, -0.1) is 0 Å². The largest absolute Gasteiger partial charge is 0.382 e. The van der Waals surface area contributed by atoms with E-state index in [2.05, 4.69) is 10.3 Å². The molecule has 1 heterocycles. The van der Waals surface area contributed by atoms with Crippen LogP contribution < -0.4 is 5.32 Å². The lowest BCUT2D eigenvalue weighted by molar-refractivity contribution is 0.0705. The highest BCUT2D eigenvalue weighted by Gasteiger charge is 2.07. The Morgan fingerprint density at radius 2 is 2.10 bits per heavy atom. The first-order valence-electron chi connectivity index (χ1n) is 6.63. The number of pyridine rings is 1. The van der Waals surface area contributed by atoms with E-state index in [-0.39, 0.29) is 5.91 Å². The summed E-state index contributed by atoms with van der Waals surface area (Å²) in [6, 6.07) is 3.58. The van der Waals surface area contributed by atoms with Crippen LogP contribution in [-0.4, -0.2) is 63.4 Å². The molecule has 6 heteroatoms. The van der Waals surface area contributed by atoms with Crippen molar-refractivity contribution in [1.82, 2.24) is 9.88 Å². The fraction of sp³-hybridized carbons (Fsp3) is 0.571. The van der Waals surface area contributed by atoms with Crippen LogP contribution in [0.5, 0.6) is 0 Å². The van der Waals surface area contributed by atoms with Crippen LogP contribution in [0.3, 0.4) is 0 Å². The topological polar surface area (TPSA) is 63.7 Å². The summed E-state index contributed by atoms with van der Waals surface area (Å²) in [4.78, 5) is 17.4. The van der Waals surface area contributed by atoms with Crippen molar-refractivity contribution in [2.24, 2.45) is 0 Å². The van der Waals surface area contributed by atoms with Crippen molar-refractivity contribution in [3.8, 4) is 0 Å². The maximum Gasteiger partial charge on any atom is 0.254 e. The zero-order chi connectivity index (χ0) is 14.8. The molecule has 0 unspecified atom stereocenters. The van der Waals surface area contributed by atoms with Gasteiger partial charge in [0.05, 0.1) is 18.8 Å². The first-order valence-corrected chi connectivity index (χ1v) is 6.63. The van der Waals surface area contributed by atoms with Gasteiger partial charge in [0, 0.05) is 40.6 Å². The van der Waals surface area contributed by atoms with E-state index in [1.807, 2.05) is 6.07 Å². The maximum absolute atomic E-state index is 11.7. The molecule has 0 radical (unpaired) electrons. The van der Waals surface area contributed by atoms with Crippen molar-refractivity contribution in [3.05, 3.63) is 23.9 Å². The van der Waals surface area contributed by atoms with E-state index in [1.54, 1.807) is 33.5 Å². The zero-order valence-corrected chi connectivity index (χ0v) is 12.4. The third-order valence-electron chi connectivity index (χ3n) is 2.62. The predicted molar refractivity (Wildman–Crippen MR) is 78.1 cm³/mol. The van der Waals surface area contributed by atoms with E-state index in [9.17, 15) is 4.79 Å². The molecule has 1 rings (SSSR count). The number of carbonyl (C=O) groups excluding carboxylic acids is 1. The average Bonchev–Trinajstić information content (AvgIpc) is 2.46. The Bertz CT molecular complexity index is 393. The molecule has 0 spiro atoms. The van der Waals surface area contributed by atoms with Gasteiger partial charge < -0.3 is 19.7 Å². The molecule has 1 aromatic heterocycles. The zero-order valence-electron chi connectivity index (χ0n) is 12.4. The SMILES string of the molecule is COCCOCCCNc1ccc(C(=O)N(C)C)cn1. The summed E-state index contributed by atoms with van der Waals surface area (Å²) in [5.41, 5.74) is 0.587.